The fraction of sp³-hybridized carbons (Fsp3) is 0.435. The second-order valence-electron chi connectivity index (χ2n) is 7.89. The summed E-state index contributed by atoms with van der Waals surface area (Å²) in [6.07, 6.45) is 0.654. The van der Waals surface area contributed by atoms with Gasteiger partial charge >= 0.3 is 0 Å². The number of amides is 1. The van der Waals surface area contributed by atoms with E-state index in [1.807, 2.05) is 41.9 Å². The third-order valence-corrected chi connectivity index (χ3v) is 6.72. The maximum atomic E-state index is 12.6. The Morgan fingerprint density at radius 2 is 1.91 bits per heavy atom. The van der Waals surface area contributed by atoms with Crippen molar-refractivity contribution in [1.82, 2.24) is 14.9 Å². The monoisotopic (exact) mass is 472 g/mol. The van der Waals surface area contributed by atoms with Crippen LogP contribution in [0, 0.1) is 0 Å². The number of rotatable bonds is 8. The molecule has 1 aromatic carbocycles. The molecule has 2 aromatic heterocycles. The maximum absolute atomic E-state index is 12.6. The second kappa shape index (κ2) is 10.5. The average Bonchev–Trinajstić information content (AvgIpc) is 3.37. The number of carbonyl (C=O) groups excluding carboxylic acids is 1. The molecule has 0 saturated carbocycles. The first-order valence-electron chi connectivity index (χ1n) is 10.8. The molecule has 1 amide bonds. The van der Waals surface area contributed by atoms with E-state index < -0.39 is 0 Å². The van der Waals surface area contributed by atoms with Gasteiger partial charge in [-0.15, -0.1) is 22.7 Å². The molecule has 4 rings (SSSR count). The van der Waals surface area contributed by atoms with E-state index in [-0.39, 0.29) is 24.5 Å². The average molecular weight is 473 g/mol. The number of aromatic nitrogens is 2. The SMILES string of the molecule is CCOc1ccccc1-c1nc(CC(=O)Nc2nc(CN3C[C@H](C)O[C@@H](C)C3)cs2)cs1. The highest BCUT2D eigenvalue weighted by molar-refractivity contribution is 7.14. The molecule has 1 aliphatic rings. The largest absolute Gasteiger partial charge is 0.493 e. The van der Waals surface area contributed by atoms with Gasteiger partial charge in [0.25, 0.3) is 0 Å². The van der Waals surface area contributed by atoms with E-state index in [1.165, 1.54) is 22.7 Å². The quantitative estimate of drug-likeness (QED) is 0.522. The van der Waals surface area contributed by atoms with Gasteiger partial charge in [-0.25, -0.2) is 9.97 Å². The van der Waals surface area contributed by atoms with E-state index in [0.29, 0.717) is 11.7 Å². The summed E-state index contributed by atoms with van der Waals surface area (Å²) in [4.78, 5) is 24.1. The summed E-state index contributed by atoms with van der Waals surface area (Å²) in [5.74, 6) is 0.689. The molecule has 0 bridgehead atoms. The van der Waals surface area contributed by atoms with Gasteiger partial charge < -0.3 is 14.8 Å². The predicted octanol–water partition coefficient (Wildman–Crippen LogP) is 4.46. The van der Waals surface area contributed by atoms with E-state index in [1.54, 1.807) is 0 Å². The molecule has 0 spiro atoms. The van der Waals surface area contributed by atoms with Crippen molar-refractivity contribution in [3.63, 3.8) is 0 Å². The molecule has 1 fully saturated rings. The molecule has 0 unspecified atom stereocenters. The summed E-state index contributed by atoms with van der Waals surface area (Å²) in [6, 6.07) is 7.83. The number of hydrogen-bond donors (Lipinski definition) is 1. The Bertz CT molecular complexity index is 1040. The van der Waals surface area contributed by atoms with Crippen LogP contribution in [-0.2, 0) is 22.5 Å². The minimum absolute atomic E-state index is 0.116. The van der Waals surface area contributed by atoms with Crippen LogP contribution in [0.3, 0.4) is 0 Å². The van der Waals surface area contributed by atoms with Gasteiger partial charge in [0.1, 0.15) is 10.8 Å². The van der Waals surface area contributed by atoms with Gasteiger partial charge in [0, 0.05) is 30.4 Å². The van der Waals surface area contributed by atoms with Gasteiger partial charge in [-0.2, -0.15) is 0 Å². The topological polar surface area (TPSA) is 76.6 Å². The van der Waals surface area contributed by atoms with E-state index >= 15 is 0 Å². The van der Waals surface area contributed by atoms with Crippen LogP contribution in [0.2, 0.25) is 0 Å². The summed E-state index contributed by atoms with van der Waals surface area (Å²) < 4.78 is 11.5. The number of carbonyl (C=O) groups is 1. The molecule has 0 aliphatic carbocycles. The summed E-state index contributed by atoms with van der Waals surface area (Å²) >= 11 is 2.97. The van der Waals surface area contributed by atoms with Gasteiger partial charge in [0.15, 0.2) is 5.13 Å². The zero-order chi connectivity index (χ0) is 22.5. The van der Waals surface area contributed by atoms with Crippen LogP contribution in [0.5, 0.6) is 5.75 Å². The minimum Gasteiger partial charge on any atom is -0.493 e. The number of morpholine rings is 1. The summed E-state index contributed by atoms with van der Waals surface area (Å²) in [5.41, 5.74) is 2.65. The van der Waals surface area contributed by atoms with Gasteiger partial charge in [0.2, 0.25) is 5.91 Å². The first-order valence-corrected chi connectivity index (χ1v) is 12.5. The fourth-order valence-electron chi connectivity index (χ4n) is 3.84. The van der Waals surface area contributed by atoms with Gasteiger partial charge in [0.05, 0.1) is 42.2 Å². The number of nitrogens with one attached hydrogen (secondary N) is 1. The lowest BCUT2D eigenvalue weighted by Gasteiger charge is -2.34. The Hall–Kier alpha value is -2.33. The van der Waals surface area contributed by atoms with Crippen molar-refractivity contribution in [3.05, 3.63) is 46.4 Å². The summed E-state index contributed by atoms with van der Waals surface area (Å²) in [5, 5.41) is 8.31. The standard InChI is InChI=1S/C23H28N4O3S2/c1-4-29-20-8-6-5-7-19(20)22-24-17(13-31-22)9-21(28)26-23-25-18(14-32-23)12-27-10-15(2)30-16(3)11-27/h5-8,13-16H,4,9-12H2,1-3H3,(H,25,26,28)/t15-,16-/m0/s1. The Labute approximate surface area is 196 Å². The number of thiazole rings is 2. The molecule has 3 aromatic rings. The van der Waals surface area contributed by atoms with Crippen molar-refractivity contribution in [2.24, 2.45) is 0 Å². The normalized spacial score (nSPS) is 19.1. The highest BCUT2D eigenvalue weighted by atomic mass is 32.1. The maximum Gasteiger partial charge on any atom is 0.232 e. The number of hydrogen-bond acceptors (Lipinski definition) is 8. The molecule has 7 nitrogen and oxygen atoms in total. The summed E-state index contributed by atoms with van der Waals surface area (Å²) in [7, 11) is 0. The van der Waals surface area contributed by atoms with Gasteiger partial charge in [-0.05, 0) is 32.9 Å². The number of nitrogens with zero attached hydrogens (tertiary/aromatic N) is 3. The second-order valence-corrected chi connectivity index (χ2v) is 9.61. The lowest BCUT2D eigenvalue weighted by atomic mass is 10.2. The zero-order valence-electron chi connectivity index (χ0n) is 18.5. The van der Waals surface area contributed by atoms with E-state index in [4.69, 9.17) is 9.47 Å². The van der Waals surface area contributed by atoms with E-state index in [0.717, 1.165) is 47.3 Å². The lowest BCUT2D eigenvalue weighted by molar-refractivity contribution is -0.115. The molecule has 1 saturated heterocycles. The van der Waals surface area contributed by atoms with E-state index in [9.17, 15) is 4.79 Å². The Kier molecular flexibility index (Phi) is 7.51. The number of para-hydroxylation sites is 1. The molecular weight excluding hydrogens is 444 g/mol. The van der Waals surface area contributed by atoms with Crippen LogP contribution in [0.1, 0.15) is 32.2 Å². The van der Waals surface area contributed by atoms with Crippen LogP contribution in [-0.4, -0.2) is 52.7 Å². The van der Waals surface area contributed by atoms with E-state index in [2.05, 4.69) is 34.0 Å². The smallest absolute Gasteiger partial charge is 0.232 e. The van der Waals surface area contributed by atoms with Crippen LogP contribution < -0.4 is 10.1 Å². The van der Waals surface area contributed by atoms with Crippen LogP contribution in [0.15, 0.2) is 35.0 Å². The van der Waals surface area contributed by atoms with Crippen molar-refractivity contribution in [1.29, 1.82) is 0 Å². The minimum atomic E-state index is -0.116. The highest BCUT2D eigenvalue weighted by Crippen LogP contribution is 2.32. The Morgan fingerprint density at radius 1 is 1.16 bits per heavy atom. The molecule has 1 aliphatic heterocycles. The molecular formula is C23H28N4O3S2. The van der Waals surface area contributed by atoms with Crippen molar-refractivity contribution in [3.8, 4) is 16.3 Å². The van der Waals surface area contributed by atoms with Crippen molar-refractivity contribution in [2.75, 3.05) is 25.0 Å². The van der Waals surface area contributed by atoms with Crippen LogP contribution in [0.25, 0.3) is 10.6 Å². The first kappa shape index (κ1) is 22.8. The van der Waals surface area contributed by atoms with Crippen molar-refractivity contribution in [2.45, 2.75) is 45.9 Å². The van der Waals surface area contributed by atoms with Crippen LogP contribution >= 0.6 is 22.7 Å². The third kappa shape index (κ3) is 5.92. The number of ether oxygens (including phenoxy) is 2. The molecule has 170 valence electrons. The van der Waals surface area contributed by atoms with Gasteiger partial charge in [-0.1, -0.05) is 12.1 Å². The molecule has 3 heterocycles. The predicted molar refractivity (Wildman–Crippen MR) is 128 cm³/mol. The fourth-order valence-corrected chi connectivity index (χ4v) is 5.41. The third-order valence-electron chi connectivity index (χ3n) is 4.99. The van der Waals surface area contributed by atoms with Gasteiger partial charge in [-0.3, -0.25) is 9.69 Å². The zero-order valence-corrected chi connectivity index (χ0v) is 20.2. The molecule has 0 radical (unpaired) electrons. The number of benzene rings is 1. The van der Waals surface area contributed by atoms with Crippen molar-refractivity contribution < 1.29 is 14.3 Å². The lowest BCUT2D eigenvalue weighted by Crippen LogP contribution is -2.44. The highest BCUT2D eigenvalue weighted by Gasteiger charge is 2.23. The first-order chi connectivity index (χ1) is 15.5. The molecule has 32 heavy (non-hydrogen) atoms. The number of anilines is 1. The molecule has 9 heteroatoms. The Morgan fingerprint density at radius 3 is 2.69 bits per heavy atom. The van der Waals surface area contributed by atoms with Crippen LogP contribution in [0.4, 0.5) is 5.13 Å². The molecule has 1 N–H and O–H groups in total. The summed E-state index contributed by atoms with van der Waals surface area (Å²) in [6.45, 7) is 9.28. The molecule has 2 atom stereocenters. The van der Waals surface area contributed by atoms with Crippen molar-refractivity contribution >= 4 is 33.7 Å². The Balaban J connectivity index is 1.33.